The largest absolute Gasteiger partial charge is 0.396 e. The SMILES string of the molecule is Cc1ccc(-c2cn(CCCO)c3nc(C=C(C#N)C(=O)N4CCC4)nc(N)c23)cc1. The van der Waals surface area contributed by atoms with Crippen LogP contribution in [0.4, 0.5) is 5.82 Å². The predicted molar refractivity (Wildman–Crippen MR) is 119 cm³/mol. The van der Waals surface area contributed by atoms with E-state index in [1.54, 1.807) is 4.90 Å². The smallest absolute Gasteiger partial charge is 0.264 e. The molecule has 158 valence electrons. The summed E-state index contributed by atoms with van der Waals surface area (Å²) in [6.07, 6.45) is 4.86. The molecule has 2 aromatic heterocycles. The van der Waals surface area contributed by atoms with Crippen LogP contribution in [0.25, 0.3) is 28.2 Å². The van der Waals surface area contributed by atoms with Crippen LogP contribution in [0, 0.1) is 18.3 Å². The topological polar surface area (TPSA) is 121 Å². The number of rotatable bonds is 6. The molecule has 1 aromatic carbocycles. The van der Waals surface area contributed by atoms with Crippen LogP contribution in [0.1, 0.15) is 24.2 Å². The quantitative estimate of drug-likeness (QED) is 0.470. The summed E-state index contributed by atoms with van der Waals surface area (Å²) in [5, 5.41) is 19.5. The highest BCUT2D eigenvalue weighted by Crippen LogP contribution is 2.33. The molecule has 0 saturated carbocycles. The van der Waals surface area contributed by atoms with Crippen molar-refractivity contribution < 1.29 is 9.90 Å². The lowest BCUT2D eigenvalue weighted by Crippen LogP contribution is -2.42. The van der Waals surface area contributed by atoms with Gasteiger partial charge in [-0.05, 0) is 25.3 Å². The molecule has 1 aliphatic rings. The summed E-state index contributed by atoms with van der Waals surface area (Å²) in [6, 6.07) is 10.1. The summed E-state index contributed by atoms with van der Waals surface area (Å²) in [7, 11) is 0. The van der Waals surface area contributed by atoms with Crippen molar-refractivity contribution in [2.45, 2.75) is 26.3 Å². The van der Waals surface area contributed by atoms with Gasteiger partial charge >= 0.3 is 0 Å². The predicted octanol–water partition coefficient (Wildman–Crippen LogP) is 2.51. The fourth-order valence-electron chi connectivity index (χ4n) is 3.62. The molecule has 31 heavy (non-hydrogen) atoms. The Kier molecular flexibility index (Phi) is 5.69. The van der Waals surface area contributed by atoms with Gasteiger partial charge in [0, 0.05) is 44.1 Å². The number of anilines is 1. The van der Waals surface area contributed by atoms with Crippen molar-refractivity contribution in [1.29, 1.82) is 5.26 Å². The van der Waals surface area contributed by atoms with Crippen LogP contribution in [-0.4, -0.2) is 50.1 Å². The van der Waals surface area contributed by atoms with E-state index in [1.165, 1.54) is 6.08 Å². The lowest BCUT2D eigenvalue weighted by Gasteiger charge is -2.30. The Balaban J connectivity index is 1.83. The van der Waals surface area contributed by atoms with Gasteiger partial charge in [-0.2, -0.15) is 5.26 Å². The molecule has 3 aromatic rings. The second kappa shape index (κ2) is 8.58. The third kappa shape index (κ3) is 4.00. The number of likely N-dealkylation sites (tertiary alicyclic amines) is 1. The second-order valence-corrected chi connectivity index (χ2v) is 7.66. The summed E-state index contributed by atoms with van der Waals surface area (Å²) in [5.41, 5.74) is 9.98. The third-order valence-corrected chi connectivity index (χ3v) is 5.45. The van der Waals surface area contributed by atoms with Crippen molar-refractivity contribution in [2.75, 3.05) is 25.4 Å². The number of aryl methyl sites for hydroxylation is 2. The Morgan fingerprint density at radius 2 is 2.03 bits per heavy atom. The first kappa shape index (κ1) is 20.6. The lowest BCUT2D eigenvalue weighted by atomic mass is 10.0. The lowest BCUT2D eigenvalue weighted by molar-refractivity contribution is -0.129. The number of aromatic nitrogens is 3. The van der Waals surface area contributed by atoms with Gasteiger partial charge in [0.05, 0.1) is 5.39 Å². The first-order valence-corrected chi connectivity index (χ1v) is 10.3. The number of nitrogen functional groups attached to an aromatic ring is 1. The van der Waals surface area contributed by atoms with Gasteiger partial charge in [-0.1, -0.05) is 29.8 Å². The molecule has 0 spiro atoms. The maximum Gasteiger partial charge on any atom is 0.264 e. The van der Waals surface area contributed by atoms with E-state index in [4.69, 9.17) is 5.73 Å². The van der Waals surface area contributed by atoms with Crippen LogP contribution in [0.3, 0.4) is 0 Å². The fourth-order valence-corrected chi connectivity index (χ4v) is 3.62. The minimum atomic E-state index is -0.313. The number of carbonyl (C=O) groups excluding carboxylic acids is 1. The molecule has 3 heterocycles. The van der Waals surface area contributed by atoms with E-state index in [1.807, 2.05) is 48.0 Å². The second-order valence-electron chi connectivity index (χ2n) is 7.66. The molecule has 3 N–H and O–H groups in total. The van der Waals surface area contributed by atoms with Gasteiger partial charge in [0.1, 0.15) is 23.1 Å². The number of hydrogen-bond donors (Lipinski definition) is 2. The Labute approximate surface area is 180 Å². The molecule has 0 bridgehead atoms. The zero-order chi connectivity index (χ0) is 22.0. The fraction of sp³-hybridized carbons (Fsp3) is 0.304. The molecule has 0 unspecified atom stereocenters. The average Bonchev–Trinajstić information content (AvgIpc) is 3.08. The molecule has 0 aliphatic carbocycles. The summed E-state index contributed by atoms with van der Waals surface area (Å²) in [6.45, 7) is 3.94. The first-order chi connectivity index (χ1) is 15.0. The number of nitrogens with zero attached hydrogens (tertiary/aromatic N) is 5. The summed E-state index contributed by atoms with van der Waals surface area (Å²) < 4.78 is 1.93. The summed E-state index contributed by atoms with van der Waals surface area (Å²) in [5.74, 6) is 0.185. The molecule has 4 rings (SSSR count). The number of fused-ring (bicyclic) bond motifs is 1. The van der Waals surface area contributed by atoms with Gasteiger partial charge in [0.15, 0.2) is 5.82 Å². The van der Waals surface area contributed by atoms with Crippen molar-refractivity contribution >= 4 is 28.8 Å². The van der Waals surface area contributed by atoms with Crippen molar-refractivity contribution in [2.24, 2.45) is 0 Å². The Bertz CT molecular complexity index is 1200. The summed E-state index contributed by atoms with van der Waals surface area (Å²) in [4.78, 5) is 23.1. The molecular formula is C23H24N6O2. The maximum absolute atomic E-state index is 12.4. The van der Waals surface area contributed by atoms with Crippen LogP contribution in [0.15, 0.2) is 36.0 Å². The van der Waals surface area contributed by atoms with Crippen molar-refractivity contribution in [3.63, 3.8) is 0 Å². The van der Waals surface area contributed by atoms with Gasteiger partial charge in [-0.3, -0.25) is 4.79 Å². The maximum atomic E-state index is 12.4. The molecule has 8 heteroatoms. The Morgan fingerprint density at radius 3 is 2.65 bits per heavy atom. The van der Waals surface area contributed by atoms with E-state index in [0.29, 0.717) is 37.1 Å². The van der Waals surface area contributed by atoms with E-state index in [0.717, 1.165) is 23.1 Å². The monoisotopic (exact) mass is 416 g/mol. The van der Waals surface area contributed by atoms with Crippen molar-refractivity contribution in [1.82, 2.24) is 19.4 Å². The van der Waals surface area contributed by atoms with Gasteiger partial charge < -0.3 is 20.3 Å². The summed E-state index contributed by atoms with van der Waals surface area (Å²) >= 11 is 0. The molecule has 0 atom stereocenters. The number of hydrogen-bond acceptors (Lipinski definition) is 6. The van der Waals surface area contributed by atoms with Crippen LogP contribution < -0.4 is 5.73 Å². The zero-order valence-electron chi connectivity index (χ0n) is 17.4. The van der Waals surface area contributed by atoms with Gasteiger partial charge in [-0.25, -0.2) is 9.97 Å². The minimum absolute atomic E-state index is 0.00864. The van der Waals surface area contributed by atoms with Crippen LogP contribution in [-0.2, 0) is 11.3 Å². The van der Waals surface area contributed by atoms with Crippen LogP contribution in [0.2, 0.25) is 0 Å². The molecule has 8 nitrogen and oxygen atoms in total. The number of nitrogens with two attached hydrogens (primary N) is 1. The van der Waals surface area contributed by atoms with E-state index >= 15 is 0 Å². The number of aliphatic hydroxyl groups is 1. The molecular weight excluding hydrogens is 392 g/mol. The first-order valence-electron chi connectivity index (χ1n) is 10.3. The zero-order valence-corrected chi connectivity index (χ0v) is 17.4. The highest BCUT2D eigenvalue weighted by atomic mass is 16.3. The Morgan fingerprint density at radius 1 is 1.29 bits per heavy atom. The molecule has 1 saturated heterocycles. The molecule has 0 radical (unpaired) electrons. The molecule has 1 fully saturated rings. The van der Waals surface area contributed by atoms with Gasteiger partial charge in [0.25, 0.3) is 5.91 Å². The highest BCUT2D eigenvalue weighted by molar-refractivity contribution is 6.03. The van der Waals surface area contributed by atoms with Gasteiger partial charge in [-0.15, -0.1) is 0 Å². The molecule has 1 aliphatic heterocycles. The highest BCUT2D eigenvalue weighted by Gasteiger charge is 2.24. The van der Waals surface area contributed by atoms with E-state index < -0.39 is 0 Å². The number of aliphatic hydroxyl groups excluding tert-OH is 1. The minimum Gasteiger partial charge on any atom is -0.396 e. The molecule has 1 amide bonds. The van der Waals surface area contributed by atoms with Crippen molar-refractivity contribution in [3.05, 3.63) is 47.4 Å². The van der Waals surface area contributed by atoms with Crippen LogP contribution in [0.5, 0.6) is 0 Å². The third-order valence-electron chi connectivity index (χ3n) is 5.45. The van der Waals surface area contributed by atoms with Gasteiger partial charge in [0.2, 0.25) is 0 Å². The normalized spacial score (nSPS) is 13.8. The standard InChI is InChI=1S/C23H24N6O2/c1-15-4-6-16(7-5-15)18-14-29(10-3-11-30)22-20(18)21(25)26-19(27-22)12-17(13-24)23(31)28-8-2-9-28/h4-7,12,14,30H,2-3,8-11H2,1H3,(H2,25,26,27). The van der Waals surface area contributed by atoms with Crippen LogP contribution >= 0.6 is 0 Å². The van der Waals surface area contributed by atoms with E-state index in [-0.39, 0.29) is 29.7 Å². The van der Waals surface area contributed by atoms with E-state index in [9.17, 15) is 15.2 Å². The number of benzene rings is 1. The van der Waals surface area contributed by atoms with Crippen molar-refractivity contribution in [3.8, 4) is 17.2 Å². The van der Waals surface area contributed by atoms with E-state index in [2.05, 4.69) is 9.97 Å². The number of amides is 1. The Hall–Kier alpha value is -3.70. The average molecular weight is 416 g/mol. The number of nitriles is 1. The number of carbonyl (C=O) groups is 1.